The Kier molecular flexibility index (Phi) is 6.99. The quantitative estimate of drug-likeness (QED) is 0.449. The van der Waals surface area contributed by atoms with Crippen LogP contribution in [0.2, 0.25) is 0 Å². The summed E-state index contributed by atoms with van der Waals surface area (Å²) in [5.41, 5.74) is 16.0. The molecule has 1 fully saturated rings. The number of fused-ring (bicyclic) bond motifs is 1. The molecule has 38 heavy (non-hydrogen) atoms. The highest BCUT2D eigenvalue weighted by molar-refractivity contribution is 5.95. The molecule has 2 amide bonds. The van der Waals surface area contributed by atoms with E-state index in [0.717, 1.165) is 19.3 Å². The Morgan fingerprint density at radius 3 is 2.71 bits per heavy atom. The molecule has 194 valence electrons. The smallest absolute Gasteiger partial charge is 0.271 e. The van der Waals surface area contributed by atoms with Crippen LogP contribution in [0.5, 0.6) is 5.75 Å². The van der Waals surface area contributed by atoms with Gasteiger partial charge in [-0.15, -0.1) is 0 Å². The molecular weight excluding hydrogens is 480 g/mol. The molecule has 0 saturated carbocycles. The third kappa shape index (κ3) is 5.17. The van der Waals surface area contributed by atoms with Crippen molar-refractivity contribution in [2.75, 3.05) is 29.9 Å². The van der Waals surface area contributed by atoms with Crippen LogP contribution in [0.25, 0.3) is 0 Å². The van der Waals surface area contributed by atoms with E-state index in [0.29, 0.717) is 36.0 Å². The Bertz CT molecular complexity index is 1440. The number of carbonyl (C=O) groups excluding carboxylic acids is 2. The van der Waals surface area contributed by atoms with E-state index in [9.17, 15) is 9.59 Å². The van der Waals surface area contributed by atoms with Crippen LogP contribution < -0.4 is 26.4 Å². The summed E-state index contributed by atoms with van der Waals surface area (Å²) >= 11 is 0. The molecule has 1 aliphatic carbocycles. The minimum Gasteiger partial charge on any atom is -0.481 e. The highest BCUT2D eigenvalue weighted by atomic mass is 16.5. The normalized spacial score (nSPS) is 17.3. The molecule has 5 rings (SSSR count). The zero-order valence-electron chi connectivity index (χ0n) is 21.2. The molecule has 2 aliphatic rings. The summed E-state index contributed by atoms with van der Waals surface area (Å²) in [6, 6.07) is 15.4. The number of amides is 2. The van der Waals surface area contributed by atoms with Gasteiger partial charge in [-0.2, -0.15) is 0 Å². The van der Waals surface area contributed by atoms with Gasteiger partial charge in [0, 0.05) is 37.8 Å². The molecule has 9 nitrogen and oxygen atoms in total. The zero-order valence-corrected chi connectivity index (χ0v) is 21.2. The maximum absolute atomic E-state index is 12.3. The van der Waals surface area contributed by atoms with Gasteiger partial charge in [-0.25, -0.2) is 9.97 Å². The van der Waals surface area contributed by atoms with E-state index < -0.39 is 5.91 Å². The maximum atomic E-state index is 12.3. The predicted molar refractivity (Wildman–Crippen MR) is 145 cm³/mol. The number of nitrogens with one attached hydrogen (secondary N) is 1. The van der Waals surface area contributed by atoms with Gasteiger partial charge in [0.15, 0.2) is 11.5 Å². The number of aromatic nitrogens is 2. The fourth-order valence-electron chi connectivity index (χ4n) is 5.42. The van der Waals surface area contributed by atoms with Gasteiger partial charge >= 0.3 is 0 Å². The number of rotatable bonds is 5. The second kappa shape index (κ2) is 10.5. The van der Waals surface area contributed by atoms with Gasteiger partial charge < -0.3 is 26.4 Å². The van der Waals surface area contributed by atoms with Crippen LogP contribution in [0.3, 0.4) is 0 Å². The summed E-state index contributed by atoms with van der Waals surface area (Å²) in [4.78, 5) is 34.5. The standard InChI is InChI=1S/C29H30N6O3/c1-19(36)33-21-7-4-9-23(16-21)38-15-5-8-22-18-32-28(25(34-22)27(31)37)35-13-11-29(12-14-35)17-20-6-2-3-10-24(20)26(29)30/h2-4,6-7,9-10,16,18,26H,11-15,17,30H2,1H3,(H2,31,37)(H,33,36)/t26-/m1/s1. The molecule has 1 aliphatic heterocycles. The molecule has 1 saturated heterocycles. The highest BCUT2D eigenvalue weighted by Crippen LogP contribution is 2.50. The monoisotopic (exact) mass is 510 g/mol. The second-order valence-electron chi connectivity index (χ2n) is 9.79. The van der Waals surface area contributed by atoms with E-state index in [1.54, 1.807) is 30.5 Å². The lowest BCUT2D eigenvalue weighted by Gasteiger charge is -2.42. The molecule has 9 heteroatoms. The number of nitrogens with two attached hydrogens (primary N) is 2. The Labute approximate surface area is 221 Å². The zero-order chi connectivity index (χ0) is 26.7. The van der Waals surface area contributed by atoms with E-state index in [-0.39, 0.29) is 29.7 Å². The summed E-state index contributed by atoms with van der Waals surface area (Å²) in [6.45, 7) is 2.97. The topological polar surface area (TPSA) is 136 Å². The van der Waals surface area contributed by atoms with Crippen molar-refractivity contribution in [3.63, 3.8) is 0 Å². The lowest BCUT2D eigenvalue weighted by molar-refractivity contribution is -0.114. The first-order chi connectivity index (χ1) is 18.3. The van der Waals surface area contributed by atoms with Gasteiger partial charge in [-0.3, -0.25) is 9.59 Å². The average molecular weight is 511 g/mol. The van der Waals surface area contributed by atoms with Crippen molar-refractivity contribution >= 4 is 23.3 Å². The van der Waals surface area contributed by atoms with Crippen LogP contribution in [0, 0.1) is 17.3 Å². The third-order valence-corrected chi connectivity index (χ3v) is 7.32. The lowest BCUT2D eigenvalue weighted by atomic mass is 9.73. The van der Waals surface area contributed by atoms with Crippen molar-refractivity contribution in [3.05, 3.63) is 77.2 Å². The summed E-state index contributed by atoms with van der Waals surface area (Å²) in [6.07, 6.45) is 4.31. The first-order valence-corrected chi connectivity index (χ1v) is 12.6. The highest BCUT2D eigenvalue weighted by Gasteiger charge is 2.46. The van der Waals surface area contributed by atoms with Crippen LogP contribution in [-0.2, 0) is 11.2 Å². The van der Waals surface area contributed by atoms with E-state index in [4.69, 9.17) is 16.2 Å². The Hall–Kier alpha value is -4.42. The fourth-order valence-corrected chi connectivity index (χ4v) is 5.42. The van der Waals surface area contributed by atoms with Crippen molar-refractivity contribution < 1.29 is 14.3 Å². The number of anilines is 2. The lowest BCUT2D eigenvalue weighted by Crippen LogP contribution is -2.45. The Morgan fingerprint density at radius 1 is 1.18 bits per heavy atom. The number of hydrogen-bond donors (Lipinski definition) is 3. The summed E-state index contributed by atoms with van der Waals surface area (Å²) < 4.78 is 5.64. The molecule has 2 heterocycles. The van der Waals surface area contributed by atoms with E-state index in [1.165, 1.54) is 18.1 Å². The Balaban J connectivity index is 1.24. The maximum Gasteiger partial charge on any atom is 0.271 e. The molecule has 3 aromatic rings. The number of hydrogen-bond acceptors (Lipinski definition) is 7. The SMILES string of the molecule is CC(=O)Nc1cccc(OCC#Cc2cnc(N3CCC4(CC3)Cc3ccccc3[C@H]4N)c(C(N)=O)n2)c1. The van der Waals surface area contributed by atoms with Crippen LogP contribution in [-0.4, -0.2) is 41.5 Å². The van der Waals surface area contributed by atoms with Crippen LogP contribution in [0.4, 0.5) is 11.5 Å². The van der Waals surface area contributed by atoms with Crippen LogP contribution in [0.15, 0.2) is 54.7 Å². The molecule has 1 spiro atoms. The summed E-state index contributed by atoms with van der Waals surface area (Å²) in [7, 11) is 0. The fraction of sp³-hybridized carbons (Fsp3) is 0.310. The molecule has 5 N–H and O–H groups in total. The number of nitrogens with zero attached hydrogens (tertiary/aromatic N) is 3. The third-order valence-electron chi connectivity index (χ3n) is 7.32. The molecular formula is C29H30N6O3. The molecule has 1 atom stereocenters. The summed E-state index contributed by atoms with van der Waals surface area (Å²) in [5, 5.41) is 2.70. The Morgan fingerprint density at radius 2 is 1.97 bits per heavy atom. The number of primary amides is 1. The van der Waals surface area contributed by atoms with Gasteiger partial charge in [0.25, 0.3) is 5.91 Å². The second-order valence-corrected chi connectivity index (χ2v) is 9.79. The number of piperidine rings is 1. The number of ether oxygens (including phenoxy) is 1. The molecule has 0 unspecified atom stereocenters. The number of benzene rings is 2. The largest absolute Gasteiger partial charge is 0.481 e. The molecule has 2 aromatic carbocycles. The van der Waals surface area contributed by atoms with Gasteiger partial charge in [0.05, 0.1) is 6.20 Å². The molecule has 0 radical (unpaired) electrons. The van der Waals surface area contributed by atoms with Crippen LogP contribution >= 0.6 is 0 Å². The summed E-state index contributed by atoms with van der Waals surface area (Å²) in [5.74, 6) is 6.00. The van der Waals surface area contributed by atoms with Crippen molar-refractivity contribution in [1.82, 2.24) is 9.97 Å². The average Bonchev–Trinajstić information content (AvgIpc) is 3.18. The number of carbonyl (C=O) groups is 2. The van der Waals surface area contributed by atoms with Gasteiger partial charge in [0.1, 0.15) is 18.1 Å². The molecule has 1 aromatic heterocycles. The van der Waals surface area contributed by atoms with E-state index in [1.807, 2.05) is 6.07 Å². The minimum atomic E-state index is -0.646. The predicted octanol–water partition coefficient (Wildman–Crippen LogP) is 2.81. The van der Waals surface area contributed by atoms with Crippen molar-refractivity contribution in [2.24, 2.45) is 16.9 Å². The van der Waals surface area contributed by atoms with Gasteiger partial charge in [0.2, 0.25) is 5.91 Å². The van der Waals surface area contributed by atoms with Crippen molar-refractivity contribution in [2.45, 2.75) is 32.2 Å². The van der Waals surface area contributed by atoms with Crippen LogP contribution in [0.1, 0.15) is 53.1 Å². The first kappa shape index (κ1) is 25.2. The van der Waals surface area contributed by atoms with Crippen molar-refractivity contribution in [3.8, 4) is 17.6 Å². The van der Waals surface area contributed by atoms with E-state index in [2.05, 4.69) is 50.2 Å². The van der Waals surface area contributed by atoms with E-state index >= 15 is 0 Å². The van der Waals surface area contributed by atoms with Crippen molar-refractivity contribution in [1.29, 1.82) is 0 Å². The molecule has 0 bridgehead atoms. The van der Waals surface area contributed by atoms with Gasteiger partial charge in [-0.05, 0) is 53.9 Å². The minimum absolute atomic E-state index is 0.00953. The van der Waals surface area contributed by atoms with Gasteiger partial charge in [-0.1, -0.05) is 36.3 Å². The first-order valence-electron chi connectivity index (χ1n) is 12.6.